The molecule has 0 aromatic heterocycles. The van der Waals surface area contributed by atoms with Crippen LogP contribution in [-0.4, -0.2) is 23.2 Å². The number of nitro benzene ring substituents is 1. The molecule has 4 rings (SSSR count). The molecule has 6 heteroatoms. The Kier molecular flexibility index (Phi) is 3.41. The zero-order valence-corrected chi connectivity index (χ0v) is 14.5. The first kappa shape index (κ1) is 16.3. The van der Waals surface area contributed by atoms with Crippen molar-refractivity contribution in [1.82, 2.24) is 0 Å². The van der Waals surface area contributed by atoms with Gasteiger partial charge in [0.2, 0.25) is 5.72 Å². The van der Waals surface area contributed by atoms with Crippen molar-refractivity contribution in [1.29, 1.82) is 0 Å². The number of anilines is 1. The first-order valence-electron chi connectivity index (χ1n) is 8.38. The number of non-ortho nitro benzene ring substituents is 1. The number of nitro groups is 1. The number of rotatable bonds is 3. The lowest BCUT2D eigenvalue weighted by atomic mass is 9.77. The van der Waals surface area contributed by atoms with Crippen LogP contribution in [0.5, 0.6) is 0 Å². The van der Waals surface area contributed by atoms with E-state index in [-0.39, 0.29) is 18.2 Å². The van der Waals surface area contributed by atoms with E-state index < -0.39 is 16.1 Å². The Morgan fingerprint density at radius 3 is 2.54 bits per heavy atom. The van der Waals surface area contributed by atoms with Crippen molar-refractivity contribution in [2.75, 3.05) is 11.4 Å². The van der Waals surface area contributed by atoms with Crippen LogP contribution in [0.3, 0.4) is 0 Å². The van der Waals surface area contributed by atoms with E-state index in [2.05, 4.69) is 19.9 Å². The Bertz CT molecular complexity index is 933. The van der Waals surface area contributed by atoms with Gasteiger partial charge in [0.05, 0.1) is 10.3 Å². The van der Waals surface area contributed by atoms with Crippen molar-refractivity contribution in [2.45, 2.75) is 25.0 Å². The standard InChI is InChI=1S/C20H18N2O4/c1-19(2)16-5-3-4-6-17(16)21-13-18(23)26-20(19,21)12-11-14-7-9-15(10-8-14)22(24)25/h3-12H,13H2,1-2H3. The zero-order chi connectivity index (χ0) is 18.5. The summed E-state index contributed by atoms with van der Waals surface area (Å²) in [7, 11) is 0. The largest absolute Gasteiger partial charge is 0.433 e. The maximum atomic E-state index is 12.1. The highest BCUT2D eigenvalue weighted by atomic mass is 16.6. The molecule has 0 aliphatic carbocycles. The summed E-state index contributed by atoms with van der Waals surface area (Å²) < 4.78 is 5.85. The molecule has 1 saturated heterocycles. The second kappa shape index (κ2) is 5.42. The highest BCUT2D eigenvalue weighted by Crippen LogP contribution is 2.55. The van der Waals surface area contributed by atoms with E-state index in [0.29, 0.717) is 0 Å². The Hall–Kier alpha value is -3.15. The second-order valence-corrected chi connectivity index (χ2v) is 7.08. The highest BCUT2D eigenvalue weighted by molar-refractivity contribution is 5.86. The smallest absolute Gasteiger partial charge is 0.328 e. The molecule has 0 radical (unpaired) electrons. The molecule has 26 heavy (non-hydrogen) atoms. The SMILES string of the molecule is CC1(C)c2ccccc2N2CC(=O)OC21C=Cc1ccc([N+](=O)[O-])cc1. The number of nitrogens with zero attached hydrogens (tertiary/aromatic N) is 2. The summed E-state index contributed by atoms with van der Waals surface area (Å²) in [6.07, 6.45) is 3.74. The molecule has 0 amide bonds. The number of fused-ring (bicyclic) bond motifs is 3. The van der Waals surface area contributed by atoms with Gasteiger partial charge in [-0.25, -0.2) is 0 Å². The van der Waals surface area contributed by atoms with Crippen LogP contribution in [-0.2, 0) is 14.9 Å². The van der Waals surface area contributed by atoms with Gasteiger partial charge in [-0.15, -0.1) is 0 Å². The van der Waals surface area contributed by atoms with E-state index >= 15 is 0 Å². The van der Waals surface area contributed by atoms with Crippen molar-refractivity contribution in [3.8, 4) is 0 Å². The van der Waals surface area contributed by atoms with Gasteiger partial charge in [0.1, 0.15) is 6.54 Å². The number of para-hydroxylation sites is 1. The highest BCUT2D eigenvalue weighted by Gasteiger charge is 2.62. The number of benzene rings is 2. The molecule has 2 heterocycles. The maximum absolute atomic E-state index is 12.1. The lowest BCUT2D eigenvalue weighted by molar-refractivity contribution is -0.384. The molecule has 2 aromatic carbocycles. The second-order valence-electron chi connectivity index (χ2n) is 7.08. The molecule has 1 unspecified atom stereocenters. The van der Waals surface area contributed by atoms with Gasteiger partial charge in [-0.1, -0.05) is 24.3 Å². The number of ether oxygens (including phenoxy) is 1. The quantitative estimate of drug-likeness (QED) is 0.480. The van der Waals surface area contributed by atoms with Gasteiger partial charge in [-0.05, 0) is 49.2 Å². The number of hydrogen-bond acceptors (Lipinski definition) is 5. The maximum Gasteiger partial charge on any atom is 0.328 e. The van der Waals surface area contributed by atoms with E-state index in [1.165, 1.54) is 12.1 Å². The van der Waals surface area contributed by atoms with E-state index in [1.54, 1.807) is 12.1 Å². The van der Waals surface area contributed by atoms with Crippen LogP contribution in [0.1, 0.15) is 25.0 Å². The van der Waals surface area contributed by atoms with E-state index in [9.17, 15) is 14.9 Å². The fourth-order valence-electron chi connectivity index (χ4n) is 3.92. The van der Waals surface area contributed by atoms with Crippen LogP contribution in [0.4, 0.5) is 11.4 Å². The monoisotopic (exact) mass is 350 g/mol. The van der Waals surface area contributed by atoms with Crippen molar-refractivity contribution in [2.24, 2.45) is 0 Å². The first-order valence-corrected chi connectivity index (χ1v) is 8.38. The molecular weight excluding hydrogens is 332 g/mol. The van der Waals surface area contributed by atoms with Crippen molar-refractivity contribution in [3.63, 3.8) is 0 Å². The predicted molar refractivity (Wildman–Crippen MR) is 97.8 cm³/mol. The van der Waals surface area contributed by atoms with Gasteiger partial charge < -0.3 is 9.64 Å². The molecule has 0 N–H and O–H groups in total. The molecule has 2 aliphatic rings. The number of carbonyl (C=O) groups excluding carboxylic acids is 1. The minimum atomic E-state index is -0.907. The number of carbonyl (C=O) groups is 1. The molecular formula is C20H18N2O4. The summed E-state index contributed by atoms with van der Waals surface area (Å²) in [6, 6.07) is 14.3. The Labute approximate surface area is 150 Å². The van der Waals surface area contributed by atoms with Gasteiger partial charge in [0.25, 0.3) is 5.69 Å². The van der Waals surface area contributed by atoms with Crippen LogP contribution in [0.15, 0.2) is 54.6 Å². The van der Waals surface area contributed by atoms with Gasteiger partial charge in [0, 0.05) is 17.8 Å². The predicted octanol–water partition coefficient (Wildman–Crippen LogP) is 3.66. The molecule has 132 valence electrons. The molecule has 1 atom stereocenters. The van der Waals surface area contributed by atoms with Gasteiger partial charge in [0.15, 0.2) is 0 Å². The van der Waals surface area contributed by atoms with Crippen LogP contribution in [0.2, 0.25) is 0 Å². The lowest BCUT2D eigenvalue weighted by Crippen LogP contribution is -2.51. The summed E-state index contributed by atoms with van der Waals surface area (Å²) in [6.45, 7) is 4.32. The molecule has 1 fully saturated rings. The Balaban J connectivity index is 1.76. The average molecular weight is 350 g/mol. The molecule has 0 bridgehead atoms. The number of esters is 1. The third-order valence-electron chi connectivity index (χ3n) is 5.33. The summed E-state index contributed by atoms with van der Waals surface area (Å²) >= 11 is 0. The lowest BCUT2D eigenvalue weighted by Gasteiger charge is -2.38. The Morgan fingerprint density at radius 2 is 1.85 bits per heavy atom. The van der Waals surface area contributed by atoms with E-state index in [4.69, 9.17) is 4.74 Å². The Morgan fingerprint density at radius 1 is 1.15 bits per heavy atom. The summed E-state index contributed by atoms with van der Waals surface area (Å²) in [5.41, 5.74) is 1.63. The van der Waals surface area contributed by atoms with Gasteiger partial charge in [-0.3, -0.25) is 14.9 Å². The van der Waals surface area contributed by atoms with E-state index in [1.807, 2.05) is 35.3 Å². The van der Waals surface area contributed by atoms with E-state index in [0.717, 1.165) is 16.8 Å². The summed E-state index contributed by atoms with van der Waals surface area (Å²) in [4.78, 5) is 24.5. The van der Waals surface area contributed by atoms with Crippen LogP contribution >= 0.6 is 0 Å². The minimum Gasteiger partial charge on any atom is -0.433 e. The third-order valence-corrected chi connectivity index (χ3v) is 5.33. The van der Waals surface area contributed by atoms with Gasteiger partial charge >= 0.3 is 5.97 Å². The molecule has 2 aromatic rings. The topological polar surface area (TPSA) is 72.7 Å². The fourth-order valence-corrected chi connectivity index (χ4v) is 3.92. The average Bonchev–Trinajstić information content (AvgIpc) is 3.05. The molecule has 2 aliphatic heterocycles. The van der Waals surface area contributed by atoms with Gasteiger partial charge in [-0.2, -0.15) is 0 Å². The minimum absolute atomic E-state index is 0.0443. The van der Waals surface area contributed by atoms with Crippen LogP contribution in [0.25, 0.3) is 6.08 Å². The van der Waals surface area contributed by atoms with Crippen LogP contribution < -0.4 is 4.90 Å². The molecule has 0 saturated carbocycles. The molecule has 6 nitrogen and oxygen atoms in total. The van der Waals surface area contributed by atoms with Crippen molar-refractivity contribution < 1.29 is 14.5 Å². The number of hydrogen-bond donors (Lipinski definition) is 0. The third kappa shape index (κ3) is 2.15. The summed E-state index contributed by atoms with van der Waals surface area (Å²) in [5.74, 6) is -0.263. The van der Waals surface area contributed by atoms with Crippen LogP contribution in [0, 0.1) is 10.1 Å². The summed E-state index contributed by atoms with van der Waals surface area (Å²) in [5, 5.41) is 10.8. The zero-order valence-electron chi connectivity index (χ0n) is 14.5. The first-order chi connectivity index (χ1) is 12.3. The van der Waals surface area contributed by atoms with Crippen molar-refractivity contribution >= 4 is 23.4 Å². The molecule has 0 spiro atoms. The fraction of sp³-hybridized carbons (Fsp3) is 0.250. The van der Waals surface area contributed by atoms with Crippen molar-refractivity contribution in [3.05, 3.63) is 75.8 Å². The normalized spacial score (nSPS) is 23.0.